The van der Waals surface area contributed by atoms with Gasteiger partial charge in [-0.05, 0) is 93.5 Å². The van der Waals surface area contributed by atoms with Gasteiger partial charge in [-0.1, -0.05) is 158 Å². The second-order valence-electron chi connectivity index (χ2n) is 15.9. The standard InChI is InChI=1S/C57H35NO3/c1-3-15-36(16-4-1)37-27-29-39(30-28-37)58(49-33-32-41(38-17-5-2-6-18-38)54-53(49)44-21-9-13-25-50(44)59-54)40-31-34-51-45(35-40)55-56(61-51)57(48-24-12-14-26-52(48)60-55)46-22-10-7-19-42(46)43-20-8-11-23-47(43)57/h1-35H. The van der Waals surface area contributed by atoms with E-state index in [1.165, 1.54) is 27.8 Å². The highest BCUT2D eigenvalue weighted by Gasteiger charge is 2.54. The van der Waals surface area contributed by atoms with Crippen molar-refractivity contribution in [3.63, 3.8) is 0 Å². The Bertz CT molecular complexity index is 3460. The van der Waals surface area contributed by atoms with Gasteiger partial charge in [-0.25, -0.2) is 0 Å². The van der Waals surface area contributed by atoms with Gasteiger partial charge in [-0.3, -0.25) is 0 Å². The van der Waals surface area contributed by atoms with Gasteiger partial charge in [0, 0.05) is 27.9 Å². The highest BCUT2D eigenvalue weighted by Crippen LogP contribution is 2.64. The van der Waals surface area contributed by atoms with Gasteiger partial charge in [-0.2, -0.15) is 0 Å². The molecule has 0 radical (unpaired) electrons. The normalized spacial score (nSPS) is 13.2. The Labute approximate surface area is 352 Å². The van der Waals surface area contributed by atoms with E-state index in [9.17, 15) is 0 Å². The first-order valence-electron chi connectivity index (χ1n) is 20.7. The molecule has 1 aliphatic carbocycles. The van der Waals surface area contributed by atoms with E-state index >= 15 is 0 Å². The molecule has 1 spiro atoms. The smallest absolute Gasteiger partial charge is 0.178 e. The Kier molecular flexibility index (Phi) is 7.19. The predicted octanol–water partition coefficient (Wildman–Crippen LogP) is 15.6. The largest absolute Gasteiger partial charge is 0.455 e. The van der Waals surface area contributed by atoms with Crippen LogP contribution in [0.3, 0.4) is 0 Å². The first kappa shape index (κ1) is 33.8. The average molecular weight is 782 g/mol. The summed E-state index contributed by atoms with van der Waals surface area (Å²) in [6, 6.07) is 75.0. The van der Waals surface area contributed by atoms with E-state index in [0.717, 1.165) is 89.5 Å². The number of benzene rings is 9. The van der Waals surface area contributed by atoms with Crippen LogP contribution in [0.1, 0.15) is 22.5 Å². The van der Waals surface area contributed by atoms with E-state index in [1.54, 1.807) is 0 Å². The van der Waals surface area contributed by atoms with Crippen LogP contribution in [0.2, 0.25) is 0 Å². The third-order valence-electron chi connectivity index (χ3n) is 12.7. The van der Waals surface area contributed by atoms with Crippen molar-refractivity contribution in [2.45, 2.75) is 5.41 Å². The first-order valence-corrected chi connectivity index (χ1v) is 20.7. The fourth-order valence-electron chi connectivity index (χ4n) is 10.1. The van der Waals surface area contributed by atoms with Gasteiger partial charge in [0.05, 0.1) is 16.5 Å². The van der Waals surface area contributed by atoms with E-state index in [0.29, 0.717) is 0 Å². The summed E-state index contributed by atoms with van der Waals surface area (Å²) in [4.78, 5) is 2.35. The lowest BCUT2D eigenvalue weighted by Gasteiger charge is -2.36. The van der Waals surface area contributed by atoms with Crippen molar-refractivity contribution < 1.29 is 13.6 Å². The molecule has 13 rings (SSSR count). The Morgan fingerprint density at radius 3 is 1.74 bits per heavy atom. The second kappa shape index (κ2) is 13.0. The summed E-state index contributed by atoms with van der Waals surface area (Å²) in [6.45, 7) is 0. The predicted molar refractivity (Wildman–Crippen MR) is 246 cm³/mol. The maximum absolute atomic E-state index is 7.13. The van der Waals surface area contributed by atoms with Gasteiger partial charge in [0.2, 0.25) is 0 Å². The Hall–Kier alpha value is -8.08. The molecular weight excluding hydrogens is 747 g/mol. The number of fused-ring (bicyclic) bond motifs is 14. The summed E-state index contributed by atoms with van der Waals surface area (Å²) in [6.07, 6.45) is 0. The van der Waals surface area contributed by atoms with Gasteiger partial charge in [0.1, 0.15) is 27.9 Å². The van der Waals surface area contributed by atoms with Gasteiger partial charge in [-0.15, -0.1) is 0 Å². The molecule has 4 nitrogen and oxygen atoms in total. The number of ether oxygens (including phenoxy) is 1. The van der Waals surface area contributed by atoms with Crippen LogP contribution in [0, 0.1) is 0 Å². The van der Waals surface area contributed by atoms with E-state index in [2.05, 4.69) is 205 Å². The average Bonchev–Trinajstić information content (AvgIpc) is 3.99. The van der Waals surface area contributed by atoms with Crippen LogP contribution in [0.5, 0.6) is 11.5 Å². The van der Waals surface area contributed by atoms with E-state index in [-0.39, 0.29) is 0 Å². The van der Waals surface area contributed by atoms with Crippen LogP contribution < -0.4 is 9.64 Å². The monoisotopic (exact) mass is 781 g/mol. The lowest BCUT2D eigenvalue weighted by Crippen LogP contribution is -2.31. The zero-order valence-corrected chi connectivity index (χ0v) is 32.9. The summed E-state index contributed by atoms with van der Waals surface area (Å²) in [5, 5.41) is 3.00. The van der Waals surface area contributed by atoms with Crippen molar-refractivity contribution in [1.82, 2.24) is 0 Å². The quantitative estimate of drug-likeness (QED) is 0.174. The molecule has 1 aliphatic heterocycles. The van der Waals surface area contributed by atoms with Crippen molar-refractivity contribution in [2.24, 2.45) is 0 Å². The molecule has 0 saturated carbocycles. The number of anilines is 3. The molecule has 0 amide bonds. The zero-order valence-electron chi connectivity index (χ0n) is 32.9. The lowest BCUT2D eigenvalue weighted by atomic mass is 9.69. The zero-order chi connectivity index (χ0) is 40.1. The minimum absolute atomic E-state index is 0.696. The van der Waals surface area contributed by atoms with E-state index in [1.807, 2.05) is 12.1 Å². The number of rotatable bonds is 5. The van der Waals surface area contributed by atoms with Crippen LogP contribution in [0.15, 0.2) is 221 Å². The SMILES string of the molecule is c1ccc(-c2ccc(N(c3ccc4oc5c(c4c3)Oc3ccccc3C53c4ccccc4-c4ccccc43)c3ccc(-c4ccccc4)c4oc5ccccc5c34)cc2)cc1. The van der Waals surface area contributed by atoms with Crippen molar-refractivity contribution in [1.29, 1.82) is 0 Å². The molecule has 3 heterocycles. The van der Waals surface area contributed by atoms with Crippen molar-refractivity contribution in [3.8, 4) is 44.9 Å². The van der Waals surface area contributed by atoms with Gasteiger partial charge >= 0.3 is 0 Å². The van der Waals surface area contributed by atoms with Gasteiger partial charge < -0.3 is 18.5 Å². The summed E-state index contributed by atoms with van der Waals surface area (Å²) in [5.74, 6) is 2.36. The Morgan fingerprint density at radius 2 is 0.984 bits per heavy atom. The molecule has 61 heavy (non-hydrogen) atoms. The van der Waals surface area contributed by atoms with E-state index in [4.69, 9.17) is 13.6 Å². The number of furan rings is 2. The summed E-state index contributed by atoms with van der Waals surface area (Å²) in [7, 11) is 0. The molecule has 286 valence electrons. The third kappa shape index (κ3) is 4.82. The number of nitrogens with zero attached hydrogens (tertiary/aromatic N) is 1. The highest BCUT2D eigenvalue weighted by atomic mass is 16.5. The molecule has 0 N–H and O–H groups in total. The topological polar surface area (TPSA) is 38.8 Å². The van der Waals surface area contributed by atoms with Gasteiger partial charge in [0.15, 0.2) is 11.5 Å². The minimum atomic E-state index is -0.696. The number of hydrogen-bond acceptors (Lipinski definition) is 4. The molecule has 2 aliphatic rings. The molecule has 0 atom stereocenters. The second-order valence-corrected chi connectivity index (χ2v) is 15.9. The van der Waals surface area contributed by atoms with Crippen molar-refractivity contribution >= 4 is 50.0 Å². The van der Waals surface area contributed by atoms with Crippen molar-refractivity contribution in [2.75, 3.05) is 4.90 Å². The van der Waals surface area contributed by atoms with Gasteiger partial charge in [0.25, 0.3) is 0 Å². The highest BCUT2D eigenvalue weighted by molar-refractivity contribution is 6.17. The molecule has 0 fully saturated rings. The Balaban J connectivity index is 1.07. The lowest BCUT2D eigenvalue weighted by molar-refractivity contribution is 0.389. The molecular formula is C57H35NO3. The molecule has 0 saturated heterocycles. The summed E-state index contributed by atoms with van der Waals surface area (Å²) >= 11 is 0. The maximum Gasteiger partial charge on any atom is 0.178 e. The van der Waals surface area contributed by atoms with Crippen LogP contribution in [-0.4, -0.2) is 0 Å². The van der Waals surface area contributed by atoms with Crippen LogP contribution in [0.4, 0.5) is 17.1 Å². The molecule has 0 unspecified atom stereocenters. The fourth-order valence-corrected chi connectivity index (χ4v) is 10.1. The third-order valence-corrected chi connectivity index (χ3v) is 12.7. The van der Waals surface area contributed by atoms with E-state index < -0.39 is 5.41 Å². The first-order chi connectivity index (χ1) is 30.3. The number of para-hydroxylation sites is 2. The summed E-state index contributed by atoms with van der Waals surface area (Å²) in [5.41, 5.74) is 15.1. The molecule has 11 aromatic rings. The molecule has 2 aromatic heterocycles. The maximum atomic E-state index is 7.13. The number of hydrogen-bond donors (Lipinski definition) is 0. The van der Waals surface area contributed by atoms with Crippen LogP contribution in [0.25, 0.3) is 66.3 Å². The molecule has 4 heteroatoms. The Morgan fingerprint density at radius 1 is 0.393 bits per heavy atom. The van der Waals surface area contributed by atoms with Crippen LogP contribution in [-0.2, 0) is 5.41 Å². The molecule has 0 bridgehead atoms. The minimum Gasteiger partial charge on any atom is -0.455 e. The summed E-state index contributed by atoms with van der Waals surface area (Å²) < 4.78 is 20.9. The van der Waals surface area contributed by atoms with Crippen molar-refractivity contribution in [3.05, 3.63) is 235 Å². The molecule has 9 aromatic carbocycles. The van der Waals surface area contributed by atoms with Crippen LogP contribution >= 0.6 is 0 Å². The fraction of sp³-hybridized carbons (Fsp3) is 0.0175.